The van der Waals surface area contributed by atoms with Gasteiger partial charge in [-0.05, 0) is 29.3 Å². The summed E-state index contributed by atoms with van der Waals surface area (Å²) in [7, 11) is 0. The van der Waals surface area contributed by atoms with Gasteiger partial charge in [-0.15, -0.1) is 0 Å². The van der Waals surface area contributed by atoms with Crippen molar-refractivity contribution >= 4 is 10.9 Å². The molecular formula is C17H17NO2. The fourth-order valence-electron chi connectivity index (χ4n) is 1.82. The number of hydrogen-bond donors (Lipinski definition) is 1. The Balaban J connectivity index is 2.17. The lowest BCUT2D eigenvalue weighted by Crippen LogP contribution is -1.99. The van der Waals surface area contributed by atoms with Crippen LogP contribution in [0.5, 0.6) is 5.75 Å². The first-order valence-corrected chi connectivity index (χ1v) is 6.33. The number of ether oxygens (including phenoxy) is 1. The van der Waals surface area contributed by atoms with Gasteiger partial charge in [0.1, 0.15) is 12.4 Å². The van der Waals surface area contributed by atoms with Gasteiger partial charge in [0.25, 0.3) is 0 Å². The SMILES string of the molecule is C=C/C=C(\C=C)COc1ccc2cc(CO)cnc2c1. The number of aliphatic hydroxyl groups is 1. The molecule has 1 N–H and O–H groups in total. The molecule has 3 nitrogen and oxygen atoms in total. The Kier molecular flexibility index (Phi) is 4.69. The van der Waals surface area contributed by atoms with Crippen molar-refractivity contribution in [3.05, 3.63) is 73.0 Å². The molecule has 20 heavy (non-hydrogen) atoms. The molecular weight excluding hydrogens is 250 g/mol. The Hall–Kier alpha value is -2.39. The summed E-state index contributed by atoms with van der Waals surface area (Å²) in [5.74, 6) is 0.749. The first-order valence-electron chi connectivity index (χ1n) is 6.33. The van der Waals surface area contributed by atoms with Crippen molar-refractivity contribution in [3.8, 4) is 5.75 Å². The van der Waals surface area contributed by atoms with Gasteiger partial charge in [-0.3, -0.25) is 4.98 Å². The van der Waals surface area contributed by atoms with Gasteiger partial charge in [0, 0.05) is 17.6 Å². The third-order valence-corrected chi connectivity index (χ3v) is 2.89. The highest BCUT2D eigenvalue weighted by Gasteiger charge is 2.01. The van der Waals surface area contributed by atoms with Gasteiger partial charge >= 0.3 is 0 Å². The molecule has 0 spiro atoms. The number of fused-ring (bicyclic) bond motifs is 1. The molecule has 1 aromatic heterocycles. The van der Waals surface area contributed by atoms with Gasteiger partial charge in [0.15, 0.2) is 0 Å². The molecule has 2 aromatic rings. The van der Waals surface area contributed by atoms with E-state index in [2.05, 4.69) is 18.1 Å². The summed E-state index contributed by atoms with van der Waals surface area (Å²) >= 11 is 0. The van der Waals surface area contributed by atoms with E-state index in [0.717, 1.165) is 27.8 Å². The summed E-state index contributed by atoms with van der Waals surface area (Å²) in [6, 6.07) is 7.62. The Morgan fingerprint density at radius 1 is 1.30 bits per heavy atom. The van der Waals surface area contributed by atoms with Crippen molar-refractivity contribution in [2.24, 2.45) is 0 Å². The fourth-order valence-corrected chi connectivity index (χ4v) is 1.82. The molecule has 0 saturated carbocycles. The van der Waals surface area contributed by atoms with Crippen molar-refractivity contribution in [3.63, 3.8) is 0 Å². The van der Waals surface area contributed by atoms with E-state index >= 15 is 0 Å². The van der Waals surface area contributed by atoms with E-state index in [1.54, 1.807) is 18.3 Å². The number of aliphatic hydroxyl groups excluding tert-OH is 1. The van der Waals surface area contributed by atoms with Gasteiger partial charge in [-0.2, -0.15) is 0 Å². The Morgan fingerprint density at radius 2 is 2.15 bits per heavy atom. The Morgan fingerprint density at radius 3 is 2.85 bits per heavy atom. The minimum atomic E-state index is -0.00374. The molecule has 1 aromatic carbocycles. The predicted octanol–water partition coefficient (Wildman–Crippen LogP) is 3.40. The number of aromatic nitrogens is 1. The molecule has 3 heteroatoms. The maximum absolute atomic E-state index is 9.09. The first kappa shape index (κ1) is 14.0. The number of hydrogen-bond acceptors (Lipinski definition) is 3. The zero-order valence-electron chi connectivity index (χ0n) is 11.2. The monoisotopic (exact) mass is 267 g/mol. The Labute approximate surface area is 118 Å². The number of nitrogens with zero attached hydrogens (tertiary/aromatic N) is 1. The van der Waals surface area contributed by atoms with Gasteiger partial charge in [0.2, 0.25) is 0 Å². The second kappa shape index (κ2) is 6.68. The van der Waals surface area contributed by atoms with Crippen LogP contribution in [0.25, 0.3) is 10.9 Å². The summed E-state index contributed by atoms with van der Waals surface area (Å²) in [5.41, 5.74) is 2.60. The molecule has 0 radical (unpaired) electrons. The van der Waals surface area contributed by atoms with E-state index in [9.17, 15) is 0 Å². The van der Waals surface area contributed by atoms with Crippen LogP contribution in [0, 0.1) is 0 Å². The van der Waals surface area contributed by atoms with Crippen molar-refractivity contribution in [2.45, 2.75) is 6.61 Å². The normalized spacial score (nSPS) is 11.3. The fraction of sp³-hybridized carbons (Fsp3) is 0.118. The number of benzene rings is 1. The first-order chi connectivity index (χ1) is 9.76. The minimum absolute atomic E-state index is 0.00374. The molecule has 0 fully saturated rings. The second-order valence-corrected chi connectivity index (χ2v) is 4.33. The van der Waals surface area contributed by atoms with Crippen LogP contribution in [0.4, 0.5) is 0 Å². The summed E-state index contributed by atoms with van der Waals surface area (Å²) in [6.45, 7) is 7.82. The van der Waals surface area contributed by atoms with E-state index in [4.69, 9.17) is 9.84 Å². The maximum atomic E-state index is 9.09. The molecule has 0 amide bonds. The topological polar surface area (TPSA) is 42.4 Å². The van der Waals surface area contributed by atoms with Crippen LogP contribution in [0.1, 0.15) is 5.56 Å². The van der Waals surface area contributed by atoms with E-state index < -0.39 is 0 Å². The predicted molar refractivity (Wildman–Crippen MR) is 81.6 cm³/mol. The lowest BCUT2D eigenvalue weighted by molar-refractivity contribution is 0.281. The smallest absolute Gasteiger partial charge is 0.122 e. The van der Waals surface area contributed by atoms with Gasteiger partial charge in [-0.1, -0.05) is 31.4 Å². The summed E-state index contributed by atoms with van der Waals surface area (Å²) in [6.07, 6.45) is 6.98. The molecule has 102 valence electrons. The molecule has 1 heterocycles. The Bertz CT molecular complexity index is 659. The van der Waals surface area contributed by atoms with Crippen molar-refractivity contribution in [1.29, 1.82) is 0 Å². The van der Waals surface area contributed by atoms with Crippen molar-refractivity contribution in [1.82, 2.24) is 4.98 Å². The van der Waals surface area contributed by atoms with Crippen LogP contribution >= 0.6 is 0 Å². The number of pyridine rings is 1. The van der Waals surface area contributed by atoms with Crippen LogP contribution in [-0.4, -0.2) is 16.7 Å². The molecule has 0 aliphatic rings. The lowest BCUT2D eigenvalue weighted by Gasteiger charge is -2.08. The van der Waals surface area contributed by atoms with E-state index in [1.807, 2.05) is 30.3 Å². The maximum Gasteiger partial charge on any atom is 0.122 e. The van der Waals surface area contributed by atoms with Crippen LogP contribution < -0.4 is 4.74 Å². The van der Waals surface area contributed by atoms with E-state index in [0.29, 0.717) is 6.61 Å². The average molecular weight is 267 g/mol. The van der Waals surface area contributed by atoms with Crippen LogP contribution in [0.2, 0.25) is 0 Å². The van der Waals surface area contributed by atoms with Crippen LogP contribution in [0.3, 0.4) is 0 Å². The summed E-state index contributed by atoms with van der Waals surface area (Å²) < 4.78 is 5.70. The highest BCUT2D eigenvalue weighted by Crippen LogP contribution is 2.20. The summed E-state index contributed by atoms with van der Waals surface area (Å²) in [4.78, 5) is 4.31. The quantitative estimate of drug-likeness (QED) is 0.816. The second-order valence-electron chi connectivity index (χ2n) is 4.33. The van der Waals surface area contributed by atoms with Crippen LogP contribution in [-0.2, 0) is 6.61 Å². The minimum Gasteiger partial charge on any atom is -0.489 e. The number of rotatable bonds is 6. The lowest BCUT2D eigenvalue weighted by atomic mass is 10.1. The van der Waals surface area contributed by atoms with Crippen molar-refractivity contribution < 1.29 is 9.84 Å². The third-order valence-electron chi connectivity index (χ3n) is 2.89. The highest BCUT2D eigenvalue weighted by molar-refractivity contribution is 5.80. The van der Waals surface area contributed by atoms with Gasteiger partial charge < -0.3 is 9.84 Å². The largest absolute Gasteiger partial charge is 0.489 e. The molecule has 0 saturated heterocycles. The summed E-state index contributed by atoms with van der Waals surface area (Å²) in [5, 5.41) is 10.1. The van der Waals surface area contributed by atoms with Crippen LogP contribution in [0.15, 0.2) is 67.4 Å². The van der Waals surface area contributed by atoms with E-state index in [1.165, 1.54) is 0 Å². The van der Waals surface area contributed by atoms with Crippen molar-refractivity contribution in [2.75, 3.05) is 6.61 Å². The van der Waals surface area contributed by atoms with E-state index in [-0.39, 0.29) is 6.61 Å². The molecule has 2 rings (SSSR count). The number of allylic oxidation sites excluding steroid dienone is 2. The standard InChI is InChI=1S/C17H17NO2/c1-3-5-13(4-2)12-20-16-7-6-15-8-14(11-19)10-18-17(15)9-16/h3-10,19H,1-2,11-12H2/b13-5+. The third kappa shape index (κ3) is 3.33. The molecule has 0 atom stereocenters. The van der Waals surface area contributed by atoms with Gasteiger partial charge in [-0.25, -0.2) is 0 Å². The zero-order chi connectivity index (χ0) is 14.4. The average Bonchev–Trinajstić information content (AvgIpc) is 2.50. The zero-order valence-corrected chi connectivity index (χ0v) is 11.2. The molecule has 0 aliphatic heterocycles. The molecule has 0 bridgehead atoms. The molecule has 0 aliphatic carbocycles. The molecule has 0 unspecified atom stereocenters. The highest BCUT2D eigenvalue weighted by atomic mass is 16.5. The van der Waals surface area contributed by atoms with Gasteiger partial charge in [0.05, 0.1) is 12.1 Å².